The molecule has 2 atom stereocenters. The van der Waals surface area contributed by atoms with Gasteiger partial charge < -0.3 is 5.73 Å². The highest BCUT2D eigenvalue weighted by Crippen LogP contribution is 2.21. The molecule has 5 heteroatoms. The third-order valence-corrected chi connectivity index (χ3v) is 4.39. The highest BCUT2D eigenvalue weighted by atomic mass is 32.2. The van der Waals surface area contributed by atoms with Crippen molar-refractivity contribution < 1.29 is 12.8 Å². The van der Waals surface area contributed by atoms with E-state index >= 15 is 0 Å². The van der Waals surface area contributed by atoms with E-state index in [2.05, 4.69) is 0 Å². The molecular weight excluding hydrogens is 229 g/mol. The maximum Gasteiger partial charge on any atom is 0.151 e. The maximum absolute atomic E-state index is 13.0. The van der Waals surface area contributed by atoms with Gasteiger partial charge >= 0.3 is 0 Å². The molecule has 0 aromatic heterocycles. The number of benzene rings is 1. The highest BCUT2D eigenvalue weighted by Gasteiger charge is 2.24. The van der Waals surface area contributed by atoms with Gasteiger partial charge in [-0.2, -0.15) is 0 Å². The van der Waals surface area contributed by atoms with Gasteiger partial charge in [-0.05, 0) is 31.0 Å². The largest absolute Gasteiger partial charge is 0.323 e. The van der Waals surface area contributed by atoms with Gasteiger partial charge in [-0.3, -0.25) is 0 Å². The van der Waals surface area contributed by atoms with Crippen LogP contribution in [0.15, 0.2) is 18.2 Å². The minimum Gasteiger partial charge on any atom is -0.323 e. The summed E-state index contributed by atoms with van der Waals surface area (Å²) in [5.41, 5.74) is 6.94. The van der Waals surface area contributed by atoms with Gasteiger partial charge in [0, 0.05) is 12.3 Å². The molecule has 0 saturated heterocycles. The van der Waals surface area contributed by atoms with Crippen molar-refractivity contribution in [3.63, 3.8) is 0 Å². The first-order chi connectivity index (χ1) is 7.23. The van der Waals surface area contributed by atoms with E-state index in [4.69, 9.17) is 5.73 Å². The molecule has 90 valence electrons. The molecule has 3 nitrogen and oxygen atoms in total. The van der Waals surface area contributed by atoms with E-state index in [-0.39, 0.29) is 5.82 Å². The molecule has 0 amide bonds. The fraction of sp³-hybridized carbons (Fsp3) is 0.455. The van der Waals surface area contributed by atoms with Crippen molar-refractivity contribution in [3.05, 3.63) is 35.1 Å². The van der Waals surface area contributed by atoms with Crippen LogP contribution >= 0.6 is 0 Å². The van der Waals surface area contributed by atoms with Gasteiger partial charge in [0.1, 0.15) is 5.82 Å². The van der Waals surface area contributed by atoms with Gasteiger partial charge in [0.15, 0.2) is 9.84 Å². The molecule has 0 radical (unpaired) electrons. The second kappa shape index (κ2) is 4.51. The zero-order valence-corrected chi connectivity index (χ0v) is 10.4. The summed E-state index contributed by atoms with van der Waals surface area (Å²) in [4.78, 5) is 0. The molecule has 1 aromatic carbocycles. The molecule has 1 rings (SSSR count). The van der Waals surface area contributed by atoms with Crippen molar-refractivity contribution in [1.29, 1.82) is 0 Å². The van der Waals surface area contributed by atoms with Crippen molar-refractivity contribution in [1.82, 2.24) is 0 Å². The van der Waals surface area contributed by atoms with Gasteiger partial charge in [-0.15, -0.1) is 0 Å². The second-order valence-corrected chi connectivity index (χ2v) is 6.47. The third-order valence-electron chi connectivity index (χ3n) is 2.75. The van der Waals surface area contributed by atoms with Crippen molar-refractivity contribution >= 4 is 9.84 Å². The number of sulfone groups is 1. The van der Waals surface area contributed by atoms with Crippen LogP contribution < -0.4 is 5.73 Å². The first-order valence-electron chi connectivity index (χ1n) is 4.94. The molecule has 0 spiro atoms. The molecule has 2 N–H and O–H groups in total. The number of aryl methyl sites for hydroxylation is 1. The van der Waals surface area contributed by atoms with Crippen LogP contribution in [0, 0.1) is 12.7 Å². The highest BCUT2D eigenvalue weighted by molar-refractivity contribution is 7.91. The van der Waals surface area contributed by atoms with Crippen LogP contribution in [-0.4, -0.2) is 19.9 Å². The average Bonchev–Trinajstić information content (AvgIpc) is 2.18. The lowest BCUT2D eigenvalue weighted by Crippen LogP contribution is -2.30. The van der Waals surface area contributed by atoms with Gasteiger partial charge in [0.25, 0.3) is 0 Å². The van der Waals surface area contributed by atoms with Gasteiger partial charge in [0.2, 0.25) is 0 Å². The summed E-state index contributed by atoms with van der Waals surface area (Å²) < 4.78 is 35.7. The molecule has 0 aliphatic rings. The van der Waals surface area contributed by atoms with Crippen LogP contribution in [0.25, 0.3) is 0 Å². The van der Waals surface area contributed by atoms with Crippen LogP contribution in [0.4, 0.5) is 4.39 Å². The first kappa shape index (κ1) is 13.1. The predicted octanol–water partition coefficient (Wildman–Crippen LogP) is 1.57. The zero-order valence-electron chi connectivity index (χ0n) is 9.57. The van der Waals surface area contributed by atoms with E-state index in [1.807, 2.05) is 0 Å². The van der Waals surface area contributed by atoms with E-state index in [1.165, 1.54) is 12.1 Å². The Kier molecular flexibility index (Phi) is 3.70. The summed E-state index contributed by atoms with van der Waals surface area (Å²) in [5, 5.41) is -0.683. The minimum absolute atomic E-state index is 0.317. The number of hydrogen-bond acceptors (Lipinski definition) is 3. The summed E-state index contributed by atoms with van der Waals surface area (Å²) in [6, 6.07) is 3.78. The molecule has 1 aromatic rings. The Balaban J connectivity index is 3.06. The Morgan fingerprint density at radius 3 is 2.38 bits per heavy atom. The van der Waals surface area contributed by atoms with E-state index in [9.17, 15) is 12.8 Å². The van der Waals surface area contributed by atoms with Crippen molar-refractivity contribution in [2.24, 2.45) is 5.73 Å². The maximum atomic E-state index is 13.0. The standard InChI is InChI=1S/C11H16FNO2S/c1-7-6-9(4-5-10(7)12)11(13)8(2)16(3,14)15/h4-6,8,11H,13H2,1-3H3. The molecule has 0 heterocycles. The fourth-order valence-electron chi connectivity index (χ4n) is 1.41. The summed E-state index contributed by atoms with van der Waals surface area (Å²) in [6.45, 7) is 3.18. The predicted molar refractivity (Wildman–Crippen MR) is 62.4 cm³/mol. The zero-order chi connectivity index (χ0) is 12.5. The van der Waals surface area contributed by atoms with Crippen LogP contribution in [0.2, 0.25) is 0 Å². The summed E-state index contributed by atoms with van der Waals surface area (Å²) in [5.74, 6) is -0.317. The lowest BCUT2D eigenvalue weighted by Gasteiger charge is -2.19. The summed E-state index contributed by atoms with van der Waals surface area (Å²) >= 11 is 0. The lowest BCUT2D eigenvalue weighted by atomic mass is 10.0. The Labute approximate surface area is 95.4 Å². The summed E-state index contributed by atoms with van der Waals surface area (Å²) in [7, 11) is -3.19. The van der Waals surface area contributed by atoms with E-state index in [1.54, 1.807) is 19.9 Å². The molecule has 0 saturated carbocycles. The van der Waals surface area contributed by atoms with Gasteiger partial charge in [0.05, 0.1) is 5.25 Å². The third kappa shape index (κ3) is 2.80. The molecule has 0 fully saturated rings. The number of hydrogen-bond donors (Lipinski definition) is 1. The molecule has 0 bridgehead atoms. The van der Waals surface area contributed by atoms with Crippen molar-refractivity contribution in [2.75, 3.05) is 6.26 Å². The van der Waals surface area contributed by atoms with Crippen LogP contribution in [0.3, 0.4) is 0 Å². The Hall–Kier alpha value is -0.940. The minimum atomic E-state index is -3.19. The normalized spacial score (nSPS) is 15.8. The number of nitrogens with two attached hydrogens (primary N) is 1. The van der Waals surface area contributed by atoms with Gasteiger partial charge in [-0.25, -0.2) is 12.8 Å². The first-order valence-corrected chi connectivity index (χ1v) is 6.89. The van der Waals surface area contributed by atoms with E-state index in [0.29, 0.717) is 11.1 Å². The number of halogens is 1. The fourth-order valence-corrected chi connectivity index (χ4v) is 2.10. The Morgan fingerprint density at radius 2 is 1.94 bits per heavy atom. The SMILES string of the molecule is Cc1cc(C(N)C(C)S(C)(=O)=O)ccc1F. The van der Waals surface area contributed by atoms with Crippen LogP contribution in [-0.2, 0) is 9.84 Å². The molecule has 0 aliphatic heterocycles. The van der Waals surface area contributed by atoms with Crippen LogP contribution in [0.5, 0.6) is 0 Å². The van der Waals surface area contributed by atoms with Crippen molar-refractivity contribution in [2.45, 2.75) is 25.1 Å². The quantitative estimate of drug-likeness (QED) is 0.879. The topological polar surface area (TPSA) is 60.2 Å². The Morgan fingerprint density at radius 1 is 1.38 bits per heavy atom. The lowest BCUT2D eigenvalue weighted by molar-refractivity contribution is 0.569. The van der Waals surface area contributed by atoms with Crippen molar-refractivity contribution in [3.8, 4) is 0 Å². The summed E-state index contributed by atoms with van der Waals surface area (Å²) in [6.07, 6.45) is 1.15. The molecule has 0 aliphatic carbocycles. The average molecular weight is 245 g/mol. The molecule has 16 heavy (non-hydrogen) atoms. The molecular formula is C11H16FNO2S. The van der Waals surface area contributed by atoms with Crippen LogP contribution in [0.1, 0.15) is 24.1 Å². The Bertz CT molecular complexity index is 485. The smallest absolute Gasteiger partial charge is 0.151 e. The van der Waals surface area contributed by atoms with E-state index < -0.39 is 21.1 Å². The number of rotatable bonds is 3. The van der Waals surface area contributed by atoms with E-state index in [0.717, 1.165) is 6.26 Å². The second-order valence-electron chi connectivity index (χ2n) is 4.07. The molecule has 2 unspecified atom stereocenters. The van der Waals surface area contributed by atoms with Gasteiger partial charge in [-0.1, -0.05) is 12.1 Å². The monoisotopic (exact) mass is 245 g/mol.